The summed E-state index contributed by atoms with van der Waals surface area (Å²) >= 11 is 1.89. The van der Waals surface area contributed by atoms with Crippen molar-refractivity contribution in [2.45, 2.75) is 18.9 Å². The number of halogens is 1. The number of hydrogen-bond donors (Lipinski definition) is 1. The first-order valence-electron chi connectivity index (χ1n) is 5.74. The molecule has 1 saturated heterocycles. The molecule has 1 aliphatic heterocycles. The summed E-state index contributed by atoms with van der Waals surface area (Å²) < 4.78 is 15.4. The molecular weight excluding hydrogens is 239 g/mol. The summed E-state index contributed by atoms with van der Waals surface area (Å²) in [7, 11) is 0. The Morgan fingerprint density at radius 2 is 2.12 bits per heavy atom. The maximum absolute atomic E-state index is 13.8. The van der Waals surface area contributed by atoms with Crippen molar-refractivity contribution in [2.75, 3.05) is 11.5 Å². The zero-order valence-corrected chi connectivity index (χ0v) is 10.1. The highest BCUT2D eigenvalue weighted by atomic mass is 32.2. The summed E-state index contributed by atoms with van der Waals surface area (Å²) in [5, 5.41) is 0. The van der Waals surface area contributed by atoms with Crippen LogP contribution in [0.1, 0.15) is 18.9 Å². The lowest BCUT2D eigenvalue weighted by atomic mass is 10.1. The van der Waals surface area contributed by atoms with Crippen LogP contribution in [0.5, 0.6) is 0 Å². The molecular formula is C12H13FN2OS. The second-order valence-corrected chi connectivity index (χ2v) is 5.50. The van der Waals surface area contributed by atoms with E-state index in [1.165, 1.54) is 6.07 Å². The highest BCUT2D eigenvalue weighted by molar-refractivity contribution is 7.99. The monoisotopic (exact) mass is 252 g/mol. The average Bonchev–Trinajstić information content (AvgIpc) is 2.68. The van der Waals surface area contributed by atoms with E-state index >= 15 is 0 Å². The van der Waals surface area contributed by atoms with Crippen molar-refractivity contribution in [3.63, 3.8) is 0 Å². The minimum atomic E-state index is -0.320. The van der Waals surface area contributed by atoms with Gasteiger partial charge in [-0.1, -0.05) is 6.07 Å². The van der Waals surface area contributed by atoms with Gasteiger partial charge in [0.15, 0.2) is 0 Å². The molecule has 2 heterocycles. The van der Waals surface area contributed by atoms with E-state index < -0.39 is 0 Å². The number of para-hydroxylation sites is 1. The van der Waals surface area contributed by atoms with Crippen molar-refractivity contribution >= 4 is 22.8 Å². The van der Waals surface area contributed by atoms with Gasteiger partial charge in [0.05, 0.1) is 5.52 Å². The molecule has 0 amide bonds. The Morgan fingerprint density at radius 1 is 1.35 bits per heavy atom. The molecule has 0 bridgehead atoms. The lowest BCUT2D eigenvalue weighted by Gasteiger charge is -2.22. The van der Waals surface area contributed by atoms with E-state index in [0.717, 1.165) is 24.3 Å². The maximum Gasteiger partial charge on any atom is 0.326 e. The summed E-state index contributed by atoms with van der Waals surface area (Å²) in [4.78, 5) is 14.6. The van der Waals surface area contributed by atoms with Crippen LogP contribution in [0.4, 0.5) is 4.39 Å². The molecule has 0 unspecified atom stereocenters. The van der Waals surface area contributed by atoms with Gasteiger partial charge in [-0.2, -0.15) is 11.8 Å². The van der Waals surface area contributed by atoms with Crippen LogP contribution in [-0.4, -0.2) is 21.1 Å². The first-order chi connectivity index (χ1) is 8.27. The molecule has 0 saturated carbocycles. The van der Waals surface area contributed by atoms with E-state index in [1.807, 2.05) is 11.8 Å². The summed E-state index contributed by atoms with van der Waals surface area (Å²) in [6.45, 7) is 0. The fraction of sp³-hybridized carbons (Fsp3) is 0.417. The third-order valence-electron chi connectivity index (χ3n) is 3.24. The van der Waals surface area contributed by atoms with E-state index in [9.17, 15) is 9.18 Å². The second-order valence-electron chi connectivity index (χ2n) is 4.28. The molecule has 0 atom stereocenters. The van der Waals surface area contributed by atoms with E-state index in [4.69, 9.17) is 0 Å². The van der Waals surface area contributed by atoms with Gasteiger partial charge in [-0.3, -0.25) is 4.57 Å². The number of nitrogens with one attached hydrogen (secondary N) is 1. The number of aromatic amines is 1. The Balaban J connectivity index is 2.20. The predicted octanol–water partition coefficient (Wildman–Crippen LogP) is 2.54. The highest BCUT2D eigenvalue weighted by Crippen LogP contribution is 2.29. The van der Waals surface area contributed by atoms with Crippen LogP contribution >= 0.6 is 11.8 Å². The van der Waals surface area contributed by atoms with Gasteiger partial charge in [0.1, 0.15) is 11.3 Å². The fourth-order valence-corrected chi connectivity index (χ4v) is 3.51. The number of fused-ring (bicyclic) bond motifs is 1. The molecule has 1 N–H and O–H groups in total. The molecule has 1 aromatic carbocycles. The number of thioether (sulfide) groups is 1. The van der Waals surface area contributed by atoms with Gasteiger partial charge in [-0.15, -0.1) is 0 Å². The van der Waals surface area contributed by atoms with Crippen molar-refractivity contribution in [3.05, 3.63) is 34.5 Å². The van der Waals surface area contributed by atoms with Gasteiger partial charge in [-0.25, -0.2) is 9.18 Å². The Morgan fingerprint density at radius 3 is 2.88 bits per heavy atom. The number of H-pyrrole nitrogens is 1. The Hall–Kier alpha value is -1.23. The van der Waals surface area contributed by atoms with E-state index in [-0.39, 0.29) is 17.5 Å². The van der Waals surface area contributed by atoms with Gasteiger partial charge >= 0.3 is 5.69 Å². The summed E-state index contributed by atoms with van der Waals surface area (Å²) in [5.74, 6) is 1.76. The summed E-state index contributed by atoms with van der Waals surface area (Å²) in [5.41, 5.74) is 0.824. The van der Waals surface area contributed by atoms with Crippen molar-refractivity contribution in [1.29, 1.82) is 0 Å². The minimum Gasteiger partial charge on any atom is -0.305 e. The normalized spacial score (nSPS) is 17.7. The molecule has 5 heteroatoms. The molecule has 2 aromatic rings. The molecule has 0 spiro atoms. The molecule has 1 aliphatic rings. The number of benzene rings is 1. The van der Waals surface area contributed by atoms with Crippen molar-refractivity contribution < 1.29 is 4.39 Å². The van der Waals surface area contributed by atoms with Crippen LogP contribution in [0, 0.1) is 5.82 Å². The Kier molecular flexibility index (Phi) is 2.70. The highest BCUT2D eigenvalue weighted by Gasteiger charge is 2.21. The molecule has 90 valence electrons. The quantitative estimate of drug-likeness (QED) is 0.847. The molecule has 3 nitrogen and oxygen atoms in total. The number of nitrogens with zero attached hydrogens (tertiary/aromatic N) is 1. The van der Waals surface area contributed by atoms with Gasteiger partial charge in [-0.05, 0) is 36.5 Å². The molecule has 1 fully saturated rings. The number of imidazole rings is 1. The van der Waals surface area contributed by atoms with E-state index in [2.05, 4.69) is 4.98 Å². The SMILES string of the molecule is O=c1[nH]c2cccc(F)c2n1C1CCSCC1. The maximum atomic E-state index is 13.8. The van der Waals surface area contributed by atoms with Crippen LogP contribution in [0.15, 0.2) is 23.0 Å². The van der Waals surface area contributed by atoms with Crippen LogP contribution in [0.25, 0.3) is 11.0 Å². The fourth-order valence-electron chi connectivity index (χ4n) is 2.43. The predicted molar refractivity (Wildman–Crippen MR) is 68.1 cm³/mol. The standard InChI is InChI=1S/C12H13FN2OS/c13-9-2-1-3-10-11(9)15(12(16)14-10)8-4-6-17-7-5-8/h1-3,8H,4-7H2,(H,14,16). The molecule has 17 heavy (non-hydrogen) atoms. The van der Waals surface area contributed by atoms with Crippen LogP contribution in [0.3, 0.4) is 0 Å². The molecule has 0 radical (unpaired) electrons. The van der Waals surface area contributed by atoms with Crippen LogP contribution in [0.2, 0.25) is 0 Å². The molecule has 3 rings (SSSR count). The van der Waals surface area contributed by atoms with Gasteiger partial charge < -0.3 is 4.98 Å². The number of hydrogen-bond acceptors (Lipinski definition) is 2. The first-order valence-corrected chi connectivity index (χ1v) is 6.89. The van der Waals surface area contributed by atoms with Gasteiger partial charge in [0.25, 0.3) is 0 Å². The molecule has 0 aliphatic carbocycles. The van der Waals surface area contributed by atoms with Crippen molar-refractivity contribution in [1.82, 2.24) is 9.55 Å². The van der Waals surface area contributed by atoms with Crippen molar-refractivity contribution in [3.8, 4) is 0 Å². The topological polar surface area (TPSA) is 37.8 Å². The number of aromatic nitrogens is 2. The van der Waals surface area contributed by atoms with Crippen molar-refractivity contribution in [2.24, 2.45) is 0 Å². The first kappa shape index (κ1) is 10.9. The lowest BCUT2D eigenvalue weighted by Crippen LogP contribution is -2.25. The lowest BCUT2D eigenvalue weighted by molar-refractivity contribution is 0.463. The second kappa shape index (κ2) is 4.22. The van der Waals surface area contributed by atoms with Crippen LogP contribution < -0.4 is 5.69 Å². The van der Waals surface area contributed by atoms with E-state index in [0.29, 0.717) is 11.0 Å². The van der Waals surface area contributed by atoms with Gasteiger partial charge in [0.2, 0.25) is 0 Å². The summed E-state index contributed by atoms with van der Waals surface area (Å²) in [6.07, 6.45) is 1.87. The van der Waals surface area contributed by atoms with Crippen LogP contribution in [-0.2, 0) is 0 Å². The van der Waals surface area contributed by atoms with Gasteiger partial charge in [0, 0.05) is 6.04 Å². The molecule has 1 aromatic heterocycles. The minimum absolute atomic E-state index is 0.134. The third-order valence-corrected chi connectivity index (χ3v) is 4.29. The smallest absolute Gasteiger partial charge is 0.305 e. The average molecular weight is 252 g/mol. The third kappa shape index (κ3) is 1.78. The zero-order chi connectivity index (χ0) is 11.8. The van der Waals surface area contributed by atoms with E-state index in [1.54, 1.807) is 16.7 Å². The zero-order valence-electron chi connectivity index (χ0n) is 9.28. The number of rotatable bonds is 1. The Labute approximate surface area is 102 Å². The Bertz CT molecular complexity index is 598. The summed E-state index contributed by atoms with van der Waals surface area (Å²) in [6, 6.07) is 4.90. The largest absolute Gasteiger partial charge is 0.326 e.